The molecule has 3 N–H and O–H groups in total. The summed E-state index contributed by atoms with van der Waals surface area (Å²) < 4.78 is 5.30. The fourth-order valence-corrected chi connectivity index (χ4v) is 4.26. The number of halogens is 1. The molecule has 11 nitrogen and oxygen atoms in total. The van der Waals surface area contributed by atoms with Crippen molar-refractivity contribution in [1.82, 2.24) is 4.90 Å². The van der Waals surface area contributed by atoms with E-state index in [1.54, 1.807) is 18.1 Å². The first-order valence-corrected chi connectivity index (χ1v) is 12.2. The number of anilines is 4. The highest BCUT2D eigenvalue weighted by Crippen LogP contribution is 2.28. The van der Waals surface area contributed by atoms with Crippen LogP contribution in [-0.4, -0.2) is 55.2 Å². The molecule has 1 fully saturated rings. The highest BCUT2D eigenvalue weighted by Gasteiger charge is 2.22. The number of rotatable bonds is 6. The van der Waals surface area contributed by atoms with E-state index in [-0.39, 0.29) is 22.8 Å². The predicted molar refractivity (Wildman–Crippen MR) is 148 cm³/mol. The van der Waals surface area contributed by atoms with Crippen LogP contribution in [0.25, 0.3) is 0 Å². The average Bonchev–Trinajstić information content (AvgIpc) is 2.90. The SMILES string of the molecule is COc1ccc(C)cc1NC(=O)Nc1ccc(N2CCN(C(=O)Nc3ccc([N+](=O)[O-])cc3Cl)CC2)cc1. The summed E-state index contributed by atoms with van der Waals surface area (Å²) in [5.74, 6) is 0.574. The van der Waals surface area contributed by atoms with Crippen LogP contribution in [0.5, 0.6) is 5.75 Å². The van der Waals surface area contributed by atoms with Gasteiger partial charge < -0.3 is 30.5 Å². The van der Waals surface area contributed by atoms with E-state index in [1.807, 2.05) is 43.3 Å². The standard InChI is InChI=1S/C26H27ClN6O5/c1-17-3-10-24(38-2)23(15-17)29-25(34)28-18-4-6-19(7-5-18)31-11-13-32(14-12-31)26(35)30-22-9-8-20(33(36)37)16-21(22)27/h3-10,15-16H,11-14H2,1-2H3,(H,30,35)(H2,28,29,34). The average molecular weight is 539 g/mol. The van der Waals surface area contributed by atoms with Crippen LogP contribution >= 0.6 is 11.6 Å². The van der Waals surface area contributed by atoms with E-state index >= 15 is 0 Å². The number of hydrogen-bond donors (Lipinski definition) is 3. The van der Waals surface area contributed by atoms with Gasteiger partial charge in [0, 0.05) is 49.7 Å². The van der Waals surface area contributed by atoms with Crippen LogP contribution < -0.4 is 25.6 Å². The zero-order valence-corrected chi connectivity index (χ0v) is 21.6. The van der Waals surface area contributed by atoms with Crippen LogP contribution in [0.15, 0.2) is 60.7 Å². The van der Waals surface area contributed by atoms with Crippen LogP contribution in [0.3, 0.4) is 0 Å². The molecule has 1 saturated heterocycles. The van der Waals surface area contributed by atoms with Crippen molar-refractivity contribution in [3.05, 3.63) is 81.4 Å². The van der Waals surface area contributed by atoms with Gasteiger partial charge in [0.2, 0.25) is 0 Å². The monoisotopic (exact) mass is 538 g/mol. The molecular formula is C26H27ClN6O5. The smallest absolute Gasteiger partial charge is 0.323 e. The number of nitro groups is 1. The quantitative estimate of drug-likeness (QED) is 0.278. The van der Waals surface area contributed by atoms with Crippen LogP contribution in [0, 0.1) is 17.0 Å². The number of methoxy groups -OCH3 is 1. The van der Waals surface area contributed by atoms with Crippen LogP contribution in [0.2, 0.25) is 5.02 Å². The lowest BCUT2D eigenvalue weighted by Gasteiger charge is -2.36. The number of hydrogen-bond acceptors (Lipinski definition) is 6. The largest absolute Gasteiger partial charge is 0.495 e. The van der Waals surface area contributed by atoms with Crippen LogP contribution in [-0.2, 0) is 0 Å². The lowest BCUT2D eigenvalue weighted by atomic mass is 10.2. The lowest BCUT2D eigenvalue weighted by molar-refractivity contribution is -0.384. The molecule has 1 aliphatic rings. The molecule has 38 heavy (non-hydrogen) atoms. The molecule has 0 bridgehead atoms. The summed E-state index contributed by atoms with van der Waals surface area (Å²) in [5.41, 5.74) is 3.36. The molecule has 12 heteroatoms. The maximum absolute atomic E-state index is 12.7. The van der Waals surface area contributed by atoms with Gasteiger partial charge in [-0.15, -0.1) is 0 Å². The zero-order chi connectivity index (χ0) is 27.2. The molecule has 0 saturated carbocycles. The Balaban J connectivity index is 1.28. The van der Waals surface area contributed by atoms with Gasteiger partial charge in [-0.05, 0) is 55.0 Å². The number of urea groups is 2. The number of nitrogens with one attached hydrogen (secondary N) is 3. The number of nitro benzene ring substituents is 1. The molecule has 4 rings (SSSR count). The van der Waals surface area contributed by atoms with Crippen LogP contribution in [0.4, 0.5) is 38.0 Å². The summed E-state index contributed by atoms with van der Waals surface area (Å²) in [5, 5.41) is 19.3. The summed E-state index contributed by atoms with van der Waals surface area (Å²) in [6.45, 7) is 4.13. The molecule has 198 valence electrons. The second-order valence-corrected chi connectivity index (χ2v) is 9.06. The van der Waals surface area contributed by atoms with Gasteiger partial charge in [0.25, 0.3) is 5.69 Å². The fraction of sp³-hybridized carbons (Fsp3) is 0.231. The van der Waals surface area contributed by atoms with E-state index in [4.69, 9.17) is 16.3 Å². The van der Waals surface area contributed by atoms with E-state index < -0.39 is 4.92 Å². The maximum Gasteiger partial charge on any atom is 0.323 e. The topological polar surface area (TPSA) is 129 Å². The van der Waals surface area contributed by atoms with Gasteiger partial charge in [-0.3, -0.25) is 10.1 Å². The number of benzene rings is 3. The molecule has 1 heterocycles. The van der Waals surface area contributed by atoms with Gasteiger partial charge in [0.15, 0.2) is 0 Å². The van der Waals surface area contributed by atoms with Crippen LogP contribution in [0.1, 0.15) is 5.56 Å². The number of non-ortho nitro benzene ring substituents is 1. The van der Waals surface area contributed by atoms with Crippen molar-refractivity contribution in [2.45, 2.75) is 6.92 Å². The maximum atomic E-state index is 12.7. The first-order valence-electron chi connectivity index (χ1n) is 11.8. The normalized spacial score (nSPS) is 13.0. The first-order chi connectivity index (χ1) is 18.2. The Kier molecular flexibility index (Phi) is 8.17. The van der Waals surface area contributed by atoms with E-state index in [0.29, 0.717) is 49.0 Å². The number of piperazine rings is 1. The lowest BCUT2D eigenvalue weighted by Crippen LogP contribution is -2.50. The van der Waals surface area contributed by atoms with Crippen molar-refractivity contribution in [1.29, 1.82) is 0 Å². The summed E-state index contributed by atoms with van der Waals surface area (Å²) in [4.78, 5) is 39.3. The number of amides is 4. The minimum atomic E-state index is -0.545. The van der Waals surface area contributed by atoms with Gasteiger partial charge in [-0.1, -0.05) is 17.7 Å². The van der Waals surface area contributed by atoms with Crippen molar-refractivity contribution < 1.29 is 19.2 Å². The summed E-state index contributed by atoms with van der Waals surface area (Å²) in [7, 11) is 1.55. The molecule has 1 aliphatic heterocycles. The fourth-order valence-electron chi connectivity index (χ4n) is 4.04. The third-order valence-electron chi connectivity index (χ3n) is 6.07. The number of ether oxygens (including phenoxy) is 1. The molecular weight excluding hydrogens is 512 g/mol. The molecule has 0 unspecified atom stereocenters. The Bertz CT molecular complexity index is 1340. The molecule has 0 aromatic heterocycles. The summed E-state index contributed by atoms with van der Waals surface area (Å²) in [6.07, 6.45) is 0. The Hall–Kier alpha value is -4.51. The number of aryl methyl sites for hydroxylation is 1. The number of carbonyl (C=O) groups is 2. The van der Waals surface area contributed by atoms with Crippen molar-refractivity contribution in [3.8, 4) is 5.75 Å². The minimum Gasteiger partial charge on any atom is -0.495 e. The van der Waals surface area contributed by atoms with E-state index in [9.17, 15) is 19.7 Å². The predicted octanol–water partition coefficient (Wildman–Crippen LogP) is 5.56. The Labute approximate surface area is 224 Å². The van der Waals surface area contributed by atoms with Crippen molar-refractivity contribution in [2.24, 2.45) is 0 Å². The summed E-state index contributed by atoms with van der Waals surface area (Å²) in [6, 6.07) is 16.2. The third-order valence-corrected chi connectivity index (χ3v) is 6.38. The Morgan fingerprint density at radius 1 is 0.921 bits per heavy atom. The van der Waals surface area contributed by atoms with E-state index in [0.717, 1.165) is 11.3 Å². The van der Waals surface area contributed by atoms with Gasteiger partial charge in [0.1, 0.15) is 5.75 Å². The van der Waals surface area contributed by atoms with Gasteiger partial charge >= 0.3 is 12.1 Å². The Morgan fingerprint density at radius 3 is 2.26 bits per heavy atom. The molecule has 0 atom stereocenters. The van der Waals surface area contributed by atoms with Crippen molar-refractivity contribution in [2.75, 3.05) is 54.1 Å². The summed E-state index contributed by atoms with van der Waals surface area (Å²) >= 11 is 6.08. The van der Waals surface area contributed by atoms with Crippen molar-refractivity contribution in [3.63, 3.8) is 0 Å². The van der Waals surface area contributed by atoms with Gasteiger partial charge in [-0.25, -0.2) is 9.59 Å². The minimum absolute atomic E-state index is 0.103. The zero-order valence-electron chi connectivity index (χ0n) is 20.9. The number of carbonyl (C=O) groups excluding carboxylic acids is 2. The van der Waals surface area contributed by atoms with Gasteiger partial charge in [-0.2, -0.15) is 0 Å². The highest BCUT2D eigenvalue weighted by atomic mass is 35.5. The molecule has 3 aromatic rings. The van der Waals surface area contributed by atoms with E-state index in [1.165, 1.54) is 18.2 Å². The second-order valence-electron chi connectivity index (χ2n) is 8.66. The molecule has 4 amide bonds. The number of nitrogens with zero attached hydrogens (tertiary/aromatic N) is 3. The highest BCUT2D eigenvalue weighted by molar-refractivity contribution is 6.33. The molecule has 0 radical (unpaired) electrons. The molecule has 0 aliphatic carbocycles. The Morgan fingerprint density at radius 2 is 1.63 bits per heavy atom. The third kappa shape index (κ3) is 6.43. The van der Waals surface area contributed by atoms with E-state index in [2.05, 4.69) is 20.9 Å². The van der Waals surface area contributed by atoms with Crippen molar-refractivity contribution >= 4 is 52.1 Å². The van der Waals surface area contributed by atoms with Gasteiger partial charge in [0.05, 0.1) is 28.4 Å². The molecule has 0 spiro atoms. The second kappa shape index (κ2) is 11.7. The first kappa shape index (κ1) is 26.6. The molecule has 3 aromatic carbocycles.